The van der Waals surface area contributed by atoms with Gasteiger partial charge in [0.15, 0.2) is 0 Å². The van der Waals surface area contributed by atoms with Gasteiger partial charge in [-0.3, -0.25) is 0 Å². The van der Waals surface area contributed by atoms with E-state index >= 15 is 0 Å². The first-order valence-corrected chi connectivity index (χ1v) is 7.79. The number of nitrogens with zero attached hydrogens (tertiary/aromatic N) is 1. The van der Waals surface area contributed by atoms with Crippen LogP contribution in [0.3, 0.4) is 0 Å². The molecule has 0 fully saturated rings. The van der Waals surface area contributed by atoms with Crippen molar-refractivity contribution in [1.82, 2.24) is 4.57 Å². The van der Waals surface area contributed by atoms with Crippen LogP contribution in [0.5, 0.6) is 0 Å². The molecule has 1 aromatic heterocycles. The van der Waals surface area contributed by atoms with Crippen LogP contribution in [0.25, 0.3) is 0 Å². The third-order valence-electron chi connectivity index (χ3n) is 3.70. The Morgan fingerprint density at radius 2 is 1.75 bits per heavy atom. The number of hydrogen-bond acceptors (Lipinski definition) is 1. The number of aryl methyl sites for hydroxylation is 2. The fourth-order valence-electron chi connectivity index (χ4n) is 2.36. The lowest BCUT2D eigenvalue weighted by Gasteiger charge is -2.07. The van der Waals surface area contributed by atoms with E-state index in [1.54, 1.807) is 0 Å². The topological polar surface area (TPSA) is 17.0 Å². The minimum atomic E-state index is 0.891. The fourth-order valence-corrected chi connectivity index (χ4v) is 2.36. The lowest BCUT2D eigenvalue weighted by Crippen LogP contribution is -1.98. The Morgan fingerprint density at radius 1 is 0.950 bits per heavy atom. The molecule has 1 heterocycles. The number of rotatable bonds is 8. The van der Waals surface area contributed by atoms with Crippen molar-refractivity contribution in [3.8, 4) is 0 Å². The summed E-state index contributed by atoms with van der Waals surface area (Å²) in [5.74, 6) is 0. The van der Waals surface area contributed by atoms with Crippen molar-refractivity contribution < 1.29 is 0 Å². The van der Waals surface area contributed by atoms with Gasteiger partial charge in [0.2, 0.25) is 0 Å². The van der Waals surface area contributed by atoms with Crippen LogP contribution < -0.4 is 5.32 Å². The molecule has 20 heavy (non-hydrogen) atoms. The highest BCUT2D eigenvalue weighted by Crippen LogP contribution is 2.13. The Kier molecular flexibility index (Phi) is 5.72. The van der Waals surface area contributed by atoms with Crippen molar-refractivity contribution in [3.63, 3.8) is 0 Å². The maximum absolute atomic E-state index is 3.48. The van der Waals surface area contributed by atoms with Gasteiger partial charge in [-0.25, -0.2) is 0 Å². The van der Waals surface area contributed by atoms with E-state index in [4.69, 9.17) is 0 Å². The second-order valence-corrected chi connectivity index (χ2v) is 5.36. The molecule has 0 atom stereocenters. The molecule has 1 aromatic carbocycles. The van der Waals surface area contributed by atoms with Crippen molar-refractivity contribution in [1.29, 1.82) is 0 Å². The van der Waals surface area contributed by atoms with E-state index in [1.807, 2.05) is 0 Å². The Hall–Kier alpha value is -1.70. The summed E-state index contributed by atoms with van der Waals surface area (Å²) in [6.07, 6.45) is 9.45. The summed E-state index contributed by atoms with van der Waals surface area (Å²) in [5.41, 5.74) is 3.98. The predicted octanol–water partition coefficient (Wildman–Crippen LogP) is 4.85. The van der Waals surface area contributed by atoms with Gasteiger partial charge in [-0.1, -0.05) is 31.9 Å². The largest absolute Gasteiger partial charge is 0.381 e. The first kappa shape index (κ1) is 14.7. The molecule has 2 aromatic rings. The molecular weight excluding hydrogens is 244 g/mol. The molecule has 0 spiro atoms. The zero-order valence-corrected chi connectivity index (χ0v) is 12.7. The third kappa shape index (κ3) is 4.44. The number of aromatic nitrogens is 1. The highest BCUT2D eigenvalue weighted by molar-refractivity contribution is 5.45. The van der Waals surface area contributed by atoms with Gasteiger partial charge < -0.3 is 9.88 Å². The predicted molar refractivity (Wildman–Crippen MR) is 87.1 cm³/mol. The summed E-state index contributed by atoms with van der Waals surface area (Å²) in [6, 6.07) is 11.1. The zero-order chi connectivity index (χ0) is 14.2. The highest BCUT2D eigenvalue weighted by atomic mass is 14.9. The van der Waals surface area contributed by atoms with Gasteiger partial charge >= 0.3 is 0 Å². The van der Waals surface area contributed by atoms with Crippen LogP contribution in [0.1, 0.15) is 44.2 Å². The highest BCUT2D eigenvalue weighted by Gasteiger charge is 1.98. The van der Waals surface area contributed by atoms with Crippen molar-refractivity contribution >= 4 is 5.69 Å². The first-order valence-electron chi connectivity index (χ1n) is 7.79. The molecule has 0 radical (unpaired) electrons. The molecule has 2 heteroatoms. The number of hydrogen-bond donors (Lipinski definition) is 1. The van der Waals surface area contributed by atoms with Gasteiger partial charge in [0.05, 0.1) is 0 Å². The molecule has 0 amide bonds. The molecule has 0 aliphatic rings. The monoisotopic (exact) mass is 270 g/mol. The zero-order valence-electron chi connectivity index (χ0n) is 12.7. The van der Waals surface area contributed by atoms with Gasteiger partial charge in [0.25, 0.3) is 0 Å². The molecule has 0 saturated carbocycles. The molecule has 0 saturated heterocycles. The van der Waals surface area contributed by atoms with Crippen LogP contribution in [0.15, 0.2) is 42.7 Å². The van der Waals surface area contributed by atoms with Gasteiger partial charge in [-0.05, 0) is 49.1 Å². The number of benzene rings is 1. The van der Waals surface area contributed by atoms with Crippen LogP contribution in [0.4, 0.5) is 5.69 Å². The summed E-state index contributed by atoms with van der Waals surface area (Å²) < 4.78 is 2.20. The van der Waals surface area contributed by atoms with Crippen molar-refractivity contribution in [2.75, 3.05) is 5.32 Å². The molecule has 0 aliphatic carbocycles. The van der Waals surface area contributed by atoms with Crippen molar-refractivity contribution in [2.24, 2.45) is 0 Å². The summed E-state index contributed by atoms with van der Waals surface area (Å²) in [4.78, 5) is 0. The molecule has 0 bridgehead atoms. The normalized spacial score (nSPS) is 10.7. The van der Waals surface area contributed by atoms with E-state index in [9.17, 15) is 0 Å². The Labute approximate surface area is 122 Å². The smallest absolute Gasteiger partial charge is 0.0415 e. The lowest BCUT2D eigenvalue weighted by molar-refractivity contribution is 0.717. The Bertz CT molecular complexity index is 496. The maximum Gasteiger partial charge on any atom is 0.0415 e. The quantitative estimate of drug-likeness (QED) is 0.678. The number of nitrogens with one attached hydrogen (secondary N) is 1. The summed E-state index contributed by atoms with van der Waals surface area (Å²) >= 11 is 0. The van der Waals surface area contributed by atoms with Crippen LogP contribution in [-0.4, -0.2) is 4.57 Å². The maximum atomic E-state index is 3.48. The van der Waals surface area contributed by atoms with Gasteiger partial charge in [-0.2, -0.15) is 0 Å². The van der Waals surface area contributed by atoms with Gasteiger partial charge in [0.1, 0.15) is 0 Å². The van der Waals surface area contributed by atoms with Gasteiger partial charge in [0, 0.05) is 31.2 Å². The number of anilines is 1. The van der Waals surface area contributed by atoms with Gasteiger partial charge in [-0.15, -0.1) is 0 Å². The summed E-state index contributed by atoms with van der Waals surface area (Å²) in [5, 5.41) is 3.48. The van der Waals surface area contributed by atoms with E-state index in [0.717, 1.165) is 13.1 Å². The summed E-state index contributed by atoms with van der Waals surface area (Å²) in [6.45, 7) is 6.34. The average molecular weight is 270 g/mol. The van der Waals surface area contributed by atoms with E-state index < -0.39 is 0 Å². The van der Waals surface area contributed by atoms with Crippen LogP contribution in [-0.2, 0) is 19.5 Å². The number of unbranched alkanes of at least 4 members (excludes halogenated alkanes) is 2. The standard InChI is InChI=1S/C18H26N2/c1-3-5-6-7-16-8-10-18(11-9-16)19-14-17-12-13-20(4-2)15-17/h8-13,15,19H,3-7,14H2,1-2H3. The molecule has 0 aliphatic heterocycles. The first-order chi connectivity index (χ1) is 9.81. The van der Waals surface area contributed by atoms with E-state index in [2.05, 4.69) is 66.5 Å². The van der Waals surface area contributed by atoms with E-state index in [-0.39, 0.29) is 0 Å². The lowest BCUT2D eigenvalue weighted by atomic mass is 10.1. The Morgan fingerprint density at radius 3 is 2.40 bits per heavy atom. The Balaban J connectivity index is 1.81. The second kappa shape index (κ2) is 7.78. The summed E-state index contributed by atoms with van der Waals surface area (Å²) in [7, 11) is 0. The SMILES string of the molecule is CCCCCc1ccc(NCc2ccn(CC)c2)cc1. The minimum Gasteiger partial charge on any atom is -0.381 e. The molecule has 108 valence electrons. The third-order valence-corrected chi connectivity index (χ3v) is 3.70. The molecular formula is C18H26N2. The molecule has 1 N–H and O–H groups in total. The van der Waals surface area contributed by atoms with Crippen LogP contribution in [0, 0.1) is 0 Å². The fraction of sp³-hybridized carbons (Fsp3) is 0.444. The molecule has 2 nitrogen and oxygen atoms in total. The van der Waals surface area contributed by atoms with Crippen LogP contribution >= 0.6 is 0 Å². The van der Waals surface area contributed by atoms with Crippen molar-refractivity contribution in [2.45, 2.75) is 52.6 Å². The molecule has 2 rings (SSSR count). The van der Waals surface area contributed by atoms with Crippen molar-refractivity contribution in [3.05, 3.63) is 53.9 Å². The second-order valence-electron chi connectivity index (χ2n) is 5.36. The average Bonchev–Trinajstić information content (AvgIpc) is 2.95. The minimum absolute atomic E-state index is 0.891. The van der Waals surface area contributed by atoms with Crippen LogP contribution in [0.2, 0.25) is 0 Å². The van der Waals surface area contributed by atoms with E-state index in [1.165, 1.54) is 42.5 Å². The van der Waals surface area contributed by atoms with E-state index in [0.29, 0.717) is 0 Å². The molecule has 0 unspecified atom stereocenters.